The van der Waals surface area contributed by atoms with E-state index in [0.717, 1.165) is 30.5 Å². The van der Waals surface area contributed by atoms with Crippen LogP contribution in [0.1, 0.15) is 61.0 Å². The molecule has 1 saturated carbocycles. The highest BCUT2D eigenvalue weighted by molar-refractivity contribution is 5.95. The fourth-order valence-electron chi connectivity index (χ4n) is 3.29. The van der Waals surface area contributed by atoms with Gasteiger partial charge in [-0.15, -0.1) is 0 Å². The molecule has 0 radical (unpaired) electrons. The van der Waals surface area contributed by atoms with Crippen molar-refractivity contribution in [3.63, 3.8) is 0 Å². The summed E-state index contributed by atoms with van der Waals surface area (Å²) in [5.41, 5.74) is 1.66. The smallest absolute Gasteiger partial charge is 0.273 e. The summed E-state index contributed by atoms with van der Waals surface area (Å²) < 4.78 is 7.52. The normalized spacial score (nSPS) is 26.4. The lowest BCUT2D eigenvalue weighted by atomic mass is 9.78. The highest BCUT2D eigenvalue weighted by atomic mass is 16.5. The van der Waals surface area contributed by atoms with E-state index >= 15 is 0 Å². The summed E-state index contributed by atoms with van der Waals surface area (Å²) in [4.78, 5) is 12.5. The molecular formula is C15H20N4O2. The molecule has 1 aromatic rings. The van der Waals surface area contributed by atoms with Crippen LogP contribution in [0.4, 0.5) is 0 Å². The fraction of sp³-hybridized carbons (Fsp3) is 0.667. The number of carbonyl (C=O) groups excluding carboxylic acids is 1. The zero-order valence-corrected chi connectivity index (χ0v) is 12.6. The second kappa shape index (κ2) is 4.85. The van der Waals surface area contributed by atoms with Gasteiger partial charge in [0.1, 0.15) is 5.54 Å². The highest BCUT2D eigenvalue weighted by Crippen LogP contribution is 2.34. The van der Waals surface area contributed by atoms with Crippen LogP contribution in [0.2, 0.25) is 0 Å². The first-order valence-corrected chi connectivity index (χ1v) is 7.41. The van der Waals surface area contributed by atoms with Crippen LogP contribution in [-0.4, -0.2) is 27.3 Å². The minimum atomic E-state index is -0.691. The number of nitrogens with zero attached hydrogens (tertiary/aromatic N) is 3. The van der Waals surface area contributed by atoms with Gasteiger partial charge in [0, 0.05) is 19.0 Å². The summed E-state index contributed by atoms with van der Waals surface area (Å²) >= 11 is 0. The van der Waals surface area contributed by atoms with Gasteiger partial charge in [-0.3, -0.25) is 9.48 Å². The van der Waals surface area contributed by atoms with Gasteiger partial charge in [0.2, 0.25) is 0 Å². The van der Waals surface area contributed by atoms with E-state index in [1.54, 1.807) is 4.68 Å². The average Bonchev–Trinajstić information content (AvgIpc) is 2.71. The standard InChI is InChI=1S/C15H20N4O2/c1-9-7-11-12(18-19(3)13(11)10(2)21-9)14(20)17-15(8-16)5-4-6-15/h9-10H,4-7H2,1-3H3,(H,17,20)/t9-,10+/m1/s1. The van der Waals surface area contributed by atoms with Gasteiger partial charge in [-0.05, 0) is 33.1 Å². The van der Waals surface area contributed by atoms with Crippen molar-refractivity contribution in [3.8, 4) is 6.07 Å². The maximum Gasteiger partial charge on any atom is 0.273 e. The van der Waals surface area contributed by atoms with Crippen LogP contribution >= 0.6 is 0 Å². The zero-order chi connectivity index (χ0) is 15.2. The molecule has 3 rings (SSSR count). The quantitative estimate of drug-likeness (QED) is 0.896. The third kappa shape index (κ3) is 2.22. The number of aromatic nitrogens is 2. The van der Waals surface area contributed by atoms with Crippen LogP contribution < -0.4 is 5.32 Å². The predicted molar refractivity (Wildman–Crippen MR) is 75.5 cm³/mol. The van der Waals surface area contributed by atoms with E-state index in [1.807, 2.05) is 20.9 Å². The molecule has 6 heteroatoms. The summed E-state index contributed by atoms with van der Waals surface area (Å²) in [5, 5.41) is 16.5. The SMILES string of the molecule is C[C@@H]1Cc2c(C(=O)NC3(C#N)CCC3)nn(C)c2[C@H](C)O1. The van der Waals surface area contributed by atoms with Gasteiger partial charge in [-0.1, -0.05) is 0 Å². The number of ether oxygens (including phenoxy) is 1. The van der Waals surface area contributed by atoms with E-state index in [2.05, 4.69) is 16.5 Å². The molecule has 0 aromatic carbocycles. The van der Waals surface area contributed by atoms with Gasteiger partial charge in [-0.25, -0.2) is 0 Å². The van der Waals surface area contributed by atoms with Crippen molar-refractivity contribution in [2.24, 2.45) is 7.05 Å². The first kappa shape index (κ1) is 14.1. The molecule has 1 aromatic heterocycles. The number of aryl methyl sites for hydroxylation is 1. The summed E-state index contributed by atoms with van der Waals surface area (Å²) in [7, 11) is 1.83. The molecule has 2 aliphatic rings. The van der Waals surface area contributed by atoms with Gasteiger partial charge in [0.15, 0.2) is 5.69 Å². The van der Waals surface area contributed by atoms with E-state index in [9.17, 15) is 10.1 Å². The van der Waals surface area contributed by atoms with Crippen LogP contribution in [0, 0.1) is 11.3 Å². The topological polar surface area (TPSA) is 79.9 Å². The molecule has 0 bridgehead atoms. The maximum absolute atomic E-state index is 12.5. The van der Waals surface area contributed by atoms with Gasteiger partial charge >= 0.3 is 0 Å². The Morgan fingerprint density at radius 3 is 2.81 bits per heavy atom. The Morgan fingerprint density at radius 2 is 2.24 bits per heavy atom. The van der Waals surface area contributed by atoms with E-state index in [0.29, 0.717) is 12.1 Å². The zero-order valence-electron chi connectivity index (χ0n) is 12.6. The van der Waals surface area contributed by atoms with Crippen LogP contribution in [0.5, 0.6) is 0 Å². The summed E-state index contributed by atoms with van der Waals surface area (Å²) in [6, 6.07) is 2.23. The molecule has 1 aliphatic carbocycles. The van der Waals surface area contributed by atoms with Gasteiger partial charge in [0.25, 0.3) is 5.91 Å². The number of fused-ring (bicyclic) bond motifs is 1. The molecule has 1 aliphatic heterocycles. The van der Waals surface area contributed by atoms with Crippen LogP contribution in [-0.2, 0) is 18.2 Å². The van der Waals surface area contributed by atoms with E-state index < -0.39 is 5.54 Å². The number of hydrogen-bond acceptors (Lipinski definition) is 4. The van der Waals surface area contributed by atoms with Crippen LogP contribution in [0.15, 0.2) is 0 Å². The number of carbonyl (C=O) groups is 1. The lowest BCUT2D eigenvalue weighted by Crippen LogP contribution is -2.52. The number of rotatable bonds is 2. The van der Waals surface area contributed by atoms with Gasteiger partial charge < -0.3 is 10.1 Å². The molecular weight excluding hydrogens is 268 g/mol. The number of nitriles is 1. The number of nitrogens with one attached hydrogen (secondary N) is 1. The summed E-state index contributed by atoms with van der Waals surface area (Å²) in [6.07, 6.45) is 3.10. The van der Waals surface area contributed by atoms with Crippen molar-refractivity contribution in [3.05, 3.63) is 17.0 Å². The average molecular weight is 288 g/mol. The molecule has 21 heavy (non-hydrogen) atoms. The van der Waals surface area contributed by atoms with Gasteiger partial charge in [-0.2, -0.15) is 10.4 Å². The lowest BCUT2D eigenvalue weighted by Gasteiger charge is -2.35. The largest absolute Gasteiger partial charge is 0.369 e. The minimum absolute atomic E-state index is 0.0666. The molecule has 1 amide bonds. The minimum Gasteiger partial charge on any atom is -0.369 e. The molecule has 0 unspecified atom stereocenters. The molecule has 0 saturated heterocycles. The molecule has 1 N–H and O–H groups in total. The Labute approximate surface area is 124 Å². The Balaban J connectivity index is 1.91. The lowest BCUT2D eigenvalue weighted by molar-refractivity contribution is -0.00903. The Bertz CT molecular complexity index is 624. The first-order valence-electron chi connectivity index (χ1n) is 7.41. The molecule has 0 spiro atoms. The summed E-state index contributed by atoms with van der Waals surface area (Å²) in [6.45, 7) is 3.97. The third-order valence-electron chi connectivity index (χ3n) is 4.50. The van der Waals surface area contributed by atoms with E-state index in [-0.39, 0.29) is 18.1 Å². The van der Waals surface area contributed by atoms with Crippen molar-refractivity contribution in [2.45, 2.75) is 57.3 Å². The Hall–Kier alpha value is -1.87. The monoisotopic (exact) mass is 288 g/mol. The van der Waals surface area contributed by atoms with Crippen molar-refractivity contribution in [1.82, 2.24) is 15.1 Å². The molecule has 2 atom stereocenters. The maximum atomic E-state index is 12.5. The molecule has 1 fully saturated rings. The second-order valence-electron chi connectivity index (χ2n) is 6.13. The second-order valence-corrected chi connectivity index (χ2v) is 6.13. The molecule has 112 valence electrons. The Kier molecular flexibility index (Phi) is 3.25. The van der Waals surface area contributed by atoms with Crippen molar-refractivity contribution >= 4 is 5.91 Å². The summed E-state index contributed by atoms with van der Waals surface area (Å²) in [5.74, 6) is -0.241. The van der Waals surface area contributed by atoms with Crippen LogP contribution in [0.3, 0.4) is 0 Å². The molecule has 2 heterocycles. The fourth-order valence-corrected chi connectivity index (χ4v) is 3.29. The highest BCUT2D eigenvalue weighted by Gasteiger charge is 2.40. The third-order valence-corrected chi connectivity index (χ3v) is 4.50. The predicted octanol–water partition coefficient (Wildman–Crippen LogP) is 1.62. The molecule has 6 nitrogen and oxygen atoms in total. The number of amides is 1. The van der Waals surface area contributed by atoms with Crippen molar-refractivity contribution in [2.75, 3.05) is 0 Å². The van der Waals surface area contributed by atoms with E-state index in [4.69, 9.17) is 4.74 Å². The number of hydrogen-bond donors (Lipinski definition) is 1. The first-order chi connectivity index (χ1) is 9.96. The van der Waals surface area contributed by atoms with Gasteiger partial charge in [0.05, 0.1) is 24.0 Å². The Morgan fingerprint density at radius 1 is 1.52 bits per heavy atom. The van der Waals surface area contributed by atoms with Crippen molar-refractivity contribution < 1.29 is 9.53 Å². The van der Waals surface area contributed by atoms with E-state index in [1.165, 1.54) is 0 Å². The van der Waals surface area contributed by atoms with Crippen LogP contribution in [0.25, 0.3) is 0 Å². The van der Waals surface area contributed by atoms with Crippen molar-refractivity contribution in [1.29, 1.82) is 5.26 Å².